The number of nitrogens with zero attached hydrogens (tertiary/aromatic N) is 3. The Kier molecular flexibility index (Phi) is 4.38. The first kappa shape index (κ1) is 16.7. The summed E-state index contributed by atoms with van der Waals surface area (Å²) in [6, 6.07) is 14.4. The molecule has 2 aromatic heterocycles. The molecule has 132 valence electrons. The molecular formula is C19H19N5OS. The van der Waals surface area contributed by atoms with Gasteiger partial charge in [-0.1, -0.05) is 30.0 Å². The van der Waals surface area contributed by atoms with Gasteiger partial charge in [-0.3, -0.25) is 9.89 Å². The number of para-hydroxylation sites is 1. The maximum absolute atomic E-state index is 12.5. The van der Waals surface area contributed by atoms with Crippen LogP contribution in [0.2, 0.25) is 0 Å². The van der Waals surface area contributed by atoms with Gasteiger partial charge in [0.2, 0.25) is 5.91 Å². The van der Waals surface area contributed by atoms with Crippen LogP contribution in [-0.2, 0) is 11.3 Å². The number of aryl methyl sites for hydroxylation is 1. The molecule has 0 saturated heterocycles. The first-order valence-corrected chi connectivity index (χ1v) is 9.39. The highest BCUT2D eigenvalue weighted by Crippen LogP contribution is 2.31. The fraction of sp³-hybridized carbons (Fsp3) is 0.211. The molecule has 2 heterocycles. The highest BCUT2D eigenvalue weighted by Gasteiger charge is 2.17. The minimum atomic E-state index is -0.282. The van der Waals surface area contributed by atoms with Crippen molar-refractivity contribution >= 4 is 45.2 Å². The quantitative estimate of drug-likeness (QED) is 0.523. The number of carbonyl (C=O) groups excluding carboxylic acids is 1. The topological polar surface area (TPSA) is 75.6 Å². The van der Waals surface area contributed by atoms with Gasteiger partial charge in [-0.15, -0.1) is 0 Å². The molecule has 0 aliphatic carbocycles. The van der Waals surface area contributed by atoms with E-state index in [9.17, 15) is 4.79 Å². The van der Waals surface area contributed by atoms with Crippen molar-refractivity contribution in [3.63, 3.8) is 0 Å². The second-order valence-electron chi connectivity index (χ2n) is 6.03. The van der Waals surface area contributed by atoms with Gasteiger partial charge in [0, 0.05) is 34.0 Å². The summed E-state index contributed by atoms with van der Waals surface area (Å²) in [7, 11) is 0. The van der Waals surface area contributed by atoms with E-state index in [-0.39, 0.29) is 11.2 Å². The lowest BCUT2D eigenvalue weighted by Crippen LogP contribution is -2.22. The van der Waals surface area contributed by atoms with Crippen molar-refractivity contribution in [2.75, 3.05) is 5.32 Å². The molecule has 4 rings (SSSR count). The zero-order chi connectivity index (χ0) is 18.1. The van der Waals surface area contributed by atoms with Gasteiger partial charge in [0.05, 0.1) is 5.25 Å². The summed E-state index contributed by atoms with van der Waals surface area (Å²) in [6.07, 6.45) is 1.43. The first-order chi connectivity index (χ1) is 12.7. The molecule has 1 atom stereocenters. The second kappa shape index (κ2) is 6.84. The van der Waals surface area contributed by atoms with Crippen molar-refractivity contribution in [2.45, 2.75) is 30.8 Å². The minimum absolute atomic E-state index is 0.0648. The molecule has 2 aromatic carbocycles. The monoisotopic (exact) mass is 365 g/mol. The molecule has 2 N–H and O–H groups in total. The smallest absolute Gasteiger partial charge is 0.237 e. The number of fused-ring (bicyclic) bond motifs is 3. The number of hydrogen-bond donors (Lipinski definition) is 2. The van der Waals surface area contributed by atoms with Crippen LogP contribution >= 0.6 is 11.8 Å². The summed E-state index contributed by atoms with van der Waals surface area (Å²) in [4.78, 5) is 16.5. The number of nitrogens with one attached hydrogen (secondary N) is 2. The van der Waals surface area contributed by atoms with E-state index in [1.54, 1.807) is 0 Å². The molecule has 0 radical (unpaired) electrons. The molecule has 0 bridgehead atoms. The Bertz CT molecular complexity index is 1070. The van der Waals surface area contributed by atoms with Gasteiger partial charge in [0.25, 0.3) is 0 Å². The second-order valence-corrected chi connectivity index (χ2v) is 7.36. The van der Waals surface area contributed by atoms with Gasteiger partial charge >= 0.3 is 0 Å². The Morgan fingerprint density at radius 1 is 1.23 bits per heavy atom. The number of aromatic nitrogens is 4. The molecule has 0 aliphatic heterocycles. The Morgan fingerprint density at radius 2 is 2.04 bits per heavy atom. The molecule has 0 aliphatic rings. The summed E-state index contributed by atoms with van der Waals surface area (Å²) in [5.41, 5.74) is 3.19. The van der Waals surface area contributed by atoms with Crippen LogP contribution in [0.5, 0.6) is 0 Å². The molecule has 26 heavy (non-hydrogen) atoms. The van der Waals surface area contributed by atoms with Crippen molar-refractivity contribution in [2.24, 2.45) is 0 Å². The minimum Gasteiger partial charge on any atom is -0.341 e. The Balaban J connectivity index is 1.63. The predicted octanol–water partition coefficient (Wildman–Crippen LogP) is 4.05. The zero-order valence-corrected chi connectivity index (χ0v) is 15.4. The first-order valence-electron chi connectivity index (χ1n) is 8.51. The van der Waals surface area contributed by atoms with Crippen molar-refractivity contribution in [3.05, 3.63) is 48.8 Å². The lowest BCUT2D eigenvalue weighted by Gasteiger charge is -2.11. The zero-order valence-electron chi connectivity index (χ0n) is 14.6. The number of aromatic amines is 1. The van der Waals surface area contributed by atoms with E-state index >= 15 is 0 Å². The predicted molar refractivity (Wildman–Crippen MR) is 105 cm³/mol. The normalized spacial score (nSPS) is 12.5. The number of benzene rings is 2. The Labute approximate surface area is 155 Å². The van der Waals surface area contributed by atoms with Gasteiger partial charge in [-0.05, 0) is 38.1 Å². The fourth-order valence-corrected chi connectivity index (χ4v) is 3.90. The summed E-state index contributed by atoms with van der Waals surface area (Å²) in [5.74, 6) is -0.0648. The number of thioether (sulfide) groups is 1. The van der Waals surface area contributed by atoms with E-state index in [2.05, 4.69) is 56.3 Å². The highest BCUT2D eigenvalue weighted by molar-refractivity contribution is 8.00. The van der Waals surface area contributed by atoms with Crippen molar-refractivity contribution in [1.29, 1.82) is 0 Å². The van der Waals surface area contributed by atoms with E-state index < -0.39 is 0 Å². The molecule has 1 amide bonds. The van der Waals surface area contributed by atoms with E-state index in [0.717, 1.165) is 17.6 Å². The Morgan fingerprint density at radius 3 is 2.81 bits per heavy atom. The molecule has 0 fully saturated rings. The van der Waals surface area contributed by atoms with Gasteiger partial charge in [0.1, 0.15) is 6.33 Å². The number of carbonyl (C=O) groups is 1. The maximum atomic E-state index is 12.5. The van der Waals surface area contributed by atoms with Gasteiger partial charge < -0.3 is 9.88 Å². The van der Waals surface area contributed by atoms with E-state index in [0.29, 0.717) is 5.16 Å². The van der Waals surface area contributed by atoms with Crippen LogP contribution in [0.4, 0.5) is 5.69 Å². The third-order valence-electron chi connectivity index (χ3n) is 4.41. The molecule has 7 heteroatoms. The number of anilines is 1. The molecule has 0 saturated carbocycles. The van der Waals surface area contributed by atoms with Crippen LogP contribution in [0.1, 0.15) is 13.8 Å². The average molecular weight is 365 g/mol. The molecule has 0 spiro atoms. The summed E-state index contributed by atoms with van der Waals surface area (Å²) >= 11 is 1.35. The van der Waals surface area contributed by atoms with E-state index in [1.165, 1.54) is 34.5 Å². The average Bonchev–Trinajstić information content (AvgIpc) is 3.27. The van der Waals surface area contributed by atoms with Crippen LogP contribution in [0.25, 0.3) is 21.8 Å². The highest BCUT2D eigenvalue weighted by atomic mass is 32.2. The third kappa shape index (κ3) is 2.94. The van der Waals surface area contributed by atoms with Gasteiger partial charge in [-0.25, -0.2) is 4.98 Å². The number of H-pyrrole nitrogens is 1. The molecule has 0 unspecified atom stereocenters. The van der Waals surface area contributed by atoms with Crippen molar-refractivity contribution < 1.29 is 4.79 Å². The van der Waals surface area contributed by atoms with Gasteiger partial charge in [0.15, 0.2) is 5.16 Å². The Hall–Kier alpha value is -2.80. The number of rotatable bonds is 5. The summed E-state index contributed by atoms with van der Waals surface area (Å²) in [6.45, 7) is 4.90. The maximum Gasteiger partial charge on any atom is 0.237 e. The number of amides is 1. The largest absolute Gasteiger partial charge is 0.341 e. The van der Waals surface area contributed by atoms with Crippen LogP contribution in [-0.4, -0.2) is 30.9 Å². The molecule has 6 nitrogen and oxygen atoms in total. The molecule has 4 aromatic rings. The lowest BCUT2D eigenvalue weighted by molar-refractivity contribution is -0.115. The van der Waals surface area contributed by atoms with E-state index in [4.69, 9.17) is 0 Å². The van der Waals surface area contributed by atoms with Crippen molar-refractivity contribution in [1.82, 2.24) is 19.7 Å². The van der Waals surface area contributed by atoms with Crippen LogP contribution in [0, 0.1) is 0 Å². The number of hydrogen-bond acceptors (Lipinski definition) is 4. The van der Waals surface area contributed by atoms with Crippen LogP contribution in [0.15, 0.2) is 53.9 Å². The summed E-state index contributed by atoms with van der Waals surface area (Å²) < 4.78 is 2.29. The van der Waals surface area contributed by atoms with Crippen LogP contribution < -0.4 is 5.32 Å². The van der Waals surface area contributed by atoms with E-state index in [1.807, 2.05) is 25.1 Å². The van der Waals surface area contributed by atoms with Crippen molar-refractivity contribution in [3.8, 4) is 0 Å². The standard InChI is InChI=1S/C19H19N5OS/c1-3-24-16-7-5-4-6-14(16)15-10-13(8-9-17(15)24)22-18(25)12(2)26-19-20-11-21-23-19/h4-12H,3H2,1-2H3,(H,22,25)(H,20,21,23)/t12-/m1/s1. The summed E-state index contributed by atoms with van der Waals surface area (Å²) in [5, 5.41) is 12.3. The fourth-order valence-electron chi connectivity index (χ4n) is 3.19. The van der Waals surface area contributed by atoms with Gasteiger partial charge in [-0.2, -0.15) is 5.10 Å². The SMILES string of the molecule is CCn1c2ccccc2c2cc(NC(=O)[C@@H](C)Sc3ncn[nH]3)ccc21. The van der Waals surface area contributed by atoms with Crippen LogP contribution in [0.3, 0.4) is 0 Å². The lowest BCUT2D eigenvalue weighted by atomic mass is 10.1. The third-order valence-corrected chi connectivity index (χ3v) is 5.39. The molecular weight excluding hydrogens is 346 g/mol.